The maximum atomic E-state index is 13.0. The van der Waals surface area contributed by atoms with Crippen LogP contribution in [-0.4, -0.2) is 42.3 Å². The molecule has 2 aromatic carbocycles. The molecule has 0 radical (unpaired) electrons. The summed E-state index contributed by atoms with van der Waals surface area (Å²) in [6, 6.07) is 14.4. The lowest BCUT2D eigenvalue weighted by Gasteiger charge is -2.28. The number of ether oxygens (including phenoxy) is 1. The summed E-state index contributed by atoms with van der Waals surface area (Å²) in [4.78, 5) is -0.0395. The number of rotatable bonds is 9. The highest BCUT2D eigenvalue weighted by atomic mass is 32.2. The third-order valence-corrected chi connectivity index (χ3v) is 8.28. The van der Waals surface area contributed by atoms with E-state index in [9.17, 15) is 16.8 Å². The van der Waals surface area contributed by atoms with Crippen LogP contribution in [0.1, 0.15) is 31.7 Å². The summed E-state index contributed by atoms with van der Waals surface area (Å²) in [5.41, 5.74) is 1.49. The van der Waals surface area contributed by atoms with Crippen LogP contribution in [0.4, 0.5) is 5.69 Å². The summed E-state index contributed by atoms with van der Waals surface area (Å²) < 4.78 is 60.2. The molecule has 1 fully saturated rings. The van der Waals surface area contributed by atoms with Crippen LogP contribution in [0.25, 0.3) is 0 Å². The van der Waals surface area contributed by atoms with Crippen LogP contribution in [0, 0.1) is 0 Å². The Morgan fingerprint density at radius 1 is 1.10 bits per heavy atom. The quantitative estimate of drug-likeness (QED) is 0.591. The van der Waals surface area contributed by atoms with Crippen molar-refractivity contribution in [2.24, 2.45) is 0 Å². The Kier molecular flexibility index (Phi) is 7.38. The van der Waals surface area contributed by atoms with Crippen LogP contribution in [-0.2, 0) is 26.5 Å². The highest BCUT2D eigenvalue weighted by Crippen LogP contribution is 2.32. The van der Waals surface area contributed by atoms with Gasteiger partial charge >= 0.3 is 0 Å². The number of aryl methyl sites for hydroxylation is 1. The lowest BCUT2D eigenvalue weighted by atomic mass is 10.1. The molecule has 7 nitrogen and oxygen atoms in total. The van der Waals surface area contributed by atoms with Crippen molar-refractivity contribution in [3.05, 3.63) is 54.1 Å². The standard InChI is InChI=1S/C21H28N2O5S2/c1-2-28-20-13-12-19(23-15-6-7-16-29(23,24)25)17-21(20)30(26,27)22-14-8-11-18-9-4-3-5-10-18/h3-5,9-10,12-13,17,22H,2,6-8,11,14-16H2,1H3. The number of nitrogens with one attached hydrogen (secondary N) is 1. The van der Waals surface area contributed by atoms with Crippen molar-refractivity contribution >= 4 is 25.7 Å². The second-order valence-corrected chi connectivity index (χ2v) is 10.9. The molecule has 164 valence electrons. The Morgan fingerprint density at radius 3 is 2.57 bits per heavy atom. The van der Waals surface area contributed by atoms with E-state index in [4.69, 9.17) is 4.74 Å². The minimum absolute atomic E-state index is 0.0395. The molecule has 1 aliphatic rings. The van der Waals surface area contributed by atoms with E-state index in [1.165, 1.54) is 16.4 Å². The van der Waals surface area contributed by atoms with E-state index in [0.29, 0.717) is 31.7 Å². The maximum Gasteiger partial charge on any atom is 0.244 e. The van der Waals surface area contributed by atoms with Crippen molar-refractivity contribution in [1.82, 2.24) is 4.72 Å². The van der Waals surface area contributed by atoms with Crippen LogP contribution in [0.5, 0.6) is 5.75 Å². The van der Waals surface area contributed by atoms with E-state index < -0.39 is 20.0 Å². The fourth-order valence-electron chi connectivity index (χ4n) is 3.44. The Morgan fingerprint density at radius 2 is 1.87 bits per heavy atom. The van der Waals surface area contributed by atoms with E-state index >= 15 is 0 Å². The number of hydrogen-bond acceptors (Lipinski definition) is 5. The van der Waals surface area contributed by atoms with Gasteiger partial charge in [0, 0.05) is 13.1 Å². The summed E-state index contributed by atoms with van der Waals surface area (Å²) >= 11 is 0. The second-order valence-electron chi connectivity index (χ2n) is 7.15. The summed E-state index contributed by atoms with van der Waals surface area (Å²) in [5, 5.41) is 0. The number of anilines is 1. The van der Waals surface area contributed by atoms with Crippen LogP contribution in [0.15, 0.2) is 53.4 Å². The molecule has 1 saturated heterocycles. The van der Waals surface area contributed by atoms with Crippen LogP contribution in [0.2, 0.25) is 0 Å². The lowest BCUT2D eigenvalue weighted by molar-refractivity contribution is 0.331. The van der Waals surface area contributed by atoms with Gasteiger partial charge in [0.05, 0.1) is 18.0 Å². The zero-order valence-corrected chi connectivity index (χ0v) is 18.7. The molecule has 0 unspecified atom stereocenters. The van der Waals surface area contributed by atoms with Crippen LogP contribution < -0.4 is 13.8 Å². The second kappa shape index (κ2) is 9.80. The molecule has 0 bridgehead atoms. The largest absolute Gasteiger partial charge is 0.492 e. The first kappa shape index (κ1) is 22.6. The van der Waals surface area contributed by atoms with Gasteiger partial charge in [0.15, 0.2) is 0 Å². The molecule has 0 spiro atoms. The van der Waals surface area contributed by atoms with Gasteiger partial charge in [-0.05, 0) is 56.4 Å². The van der Waals surface area contributed by atoms with Crippen LogP contribution >= 0.6 is 0 Å². The third-order valence-electron chi connectivity index (χ3n) is 4.93. The first-order valence-electron chi connectivity index (χ1n) is 10.1. The number of nitrogens with zero attached hydrogens (tertiary/aromatic N) is 1. The maximum absolute atomic E-state index is 13.0. The van der Waals surface area contributed by atoms with Gasteiger partial charge in [0.25, 0.3) is 0 Å². The van der Waals surface area contributed by atoms with E-state index in [0.717, 1.165) is 18.4 Å². The van der Waals surface area contributed by atoms with Gasteiger partial charge in [-0.3, -0.25) is 4.31 Å². The van der Waals surface area contributed by atoms with Gasteiger partial charge < -0.3 is 4.74 Å². The average Bonchev–Trinajstić information content (AvgIpc) is 2.72. The van der Waals surface area contributed by atoms with E-state index in [2.05, 4.69) is 4.72 Å². The fraction of sp³-hybridized carbons (Fsp3) is 0.429. The van der Waals surface area contributed by atoms with Crippen molar-refractivity contribution in [3.63, 3.8) is 0 Å². The Bertz CT molecular complexity index is 1050. The molecular formula is C21H28N2O5S2. The van der Waals surface area contributed by atoms with Crippen molar-refractivity contribution in [1.29, 1.82) is 0 Å². The first-order chi connectivity index (χ1) is 14.3. The van der Waals surface area contributed by atoms with Crippen molar-refractivity contribution < 1.29 is 21.6 Å². The molecule has 0 amide bonds. The zero-order chi connectivity index (χ0) is 21.6. The van der Waals surface area contributed by atoms with Gasteiger partial charge in [-0.15, -0.1) is 0 Å². The topological polar surface area (TPSA) is 92.8 Å². The highest BCUT2D eigenvalue weighted by molar-refractivity contribution is 7.92. The SMILES string of the molecule is CCOc1ccc(N2CCCCS2(=O)=O)cc1S(=O)(=O)NCCCc1ccccc1. The molecule has 0 atom stereocenters. The Balaban J connectivity index is 1.79. The molecule has 1 N–H and O–H groups in total. The summed E-state index contributed by atoms with van der Waals surface area (Å²) in [6.45, 7) is 2.69. The normalized spacial score (nSPS) is 16.4. The molecule has 0 aromatic heterocycles. The number of benzene rings is 2. The minimum atomic E-state index is -3.86. The van der Waals surface area contributed by atoms with E-state index in [1.54, 1.807) is 13.0 Å². The first-order valence-corrected chi connectivity index (χ1v) is 13.2. The zero-order valence-electron chi connectivity index (χ0n) is 17.1. The fourth-order valence-corrected chi connectivity index (χ4v) is 6.30. The summed E-state index contributed by atoms with van der Waals surface area (Å²) in [5.74, 6) is 0.284. The molecule has 30 heavy (non-hydrogen) atoms. The number of sulfonamides is 2. The molecule has 1 heterocycles. The Hall–Kier alpha value is -2.10. The third kappa shape index (κ3) is 5.53. The van der Waals surface area contributed by atoms with Gasteiger partial charge in [-0.25, -0.2) is 21.6 Å². The Labute approximate surface area is 179 Å². The van der Waals surface area contributed by atoms with Gasteiger partial charge in [-0.2, -0.15) is 0 Å². The smallest absolute Gasteiger partial charge is 0.244 e. The molecule has 1 aliphatic heterocycles. The van der Waals surface area contributed by atoms with Gasteiger partial charge in [0.2, 0.25) is 20.0 Å². The van der Waals surface area contributed by atoms with Gasteiger partial charge in [-0.1, -0.05) is 30.3 Å². The molecule has 0 aliphatic carbocycles. The highest BCUT2D eigenvalue weighted by Gasteiger charge is 2.28. The monoisotopic (exact) mass is 452 g/mol. The van der Waals surface area contributed by atoms with E-state index in [1.807, 2.05) is 30.3 Å². The molecule has 9 heteroatoms. The van der Waals surface area contributed by atoms with Gasteiger partial charge in [0.1, 0.15) is 10.6 Å². The van der Waals surface area contributed by atoms with Crippen molar-refractivity contribution in [3.8, 4) is 5.75 Å². The summed E-state index contributed by atoms with van der Waals surface area (Å²) in [7, 11) is -7.30. The number of hydrogen-bond donors (Lipinski definition) is 1. The molecular weight excluding hydrogens is 424 g/mol. The van der Waals surface area contributed by atoms with Crippen molar-refractivity contribution in [2.45, 2.75) is 37.5 Å². The molecule has 2 aromatic rings. The molecule has 3 rings (SSSR count). The predicted molar refractivity (Wildman–Crippen MR) is 118 cm³/mol. The average molecular weight is 453 g/mol. The van der Waals surface area contributed by atoms with Crippen molar-refractivity contribution in [2.75, 3.05) is 29.8 Å². The van der Waals surface area contributed by atoms with E-state index in [-0.39, 0.29) is 22.9 Å². The lowest BCUT2D eigenvalue weighted by Crippen LogP contribution is -2.38. The summed E-state index contributed by atoms with van der Waals surface area (Å²) in [6.07, 6.45) is 2.76. The molecule has 0 saturated carbocycles. The van der Waals surface area contributed by atoms with Crippen LogP contribution in [0.3, 0.4) is 0 Å². The predicted octanol–water partition coefficient (Wildman–Crippen LogP) is 2.93. The minimum Gasteiger partial charge on any atom is -0.492 e.